The molecule has 156 valence electrons. The summed E-state index contributed by atoms with van der Waals surface area (Å²) in [4.78, 5) is 12.2. The predicted octanol–water partition coefficient (Wildman–Crippen LogP) is 4.01. The van der Waals surface area contributed by atoms with Crippen molar-refractivity contribution in [1.29, 1.82) is 0 Å². The second-order valence-electron chi connectivity index (χ2n) is 6.56. The van der Waals surface area contributed by atoms with Crippen molar-refractivity contribution in [2.75, 3.05) is 21.3 Å². The first-order valence-electron chi connectivity index (χ1n) is 9.32. The highest BCUT2D eigenvalue weighted by atomic mass is 16.5. The third-order valence-electron chi connectivity index (χ3n) is 4.45. The van der Waals surface area contributed by atoms with Crippen molar-refractivity contribution in [1.82, 2.24) is 10.5 Å². The molecule has 2 aromatic carbocycles. The standard InChI is InChI=1S/C23H24N2O5/c1-15-5-8-17(9-6-15)19-13-18(25-30-19)14-24-22(26)10-7-16-11-20(27-2)23(29-4)21(12-16)28-3/h5-13H,14H2,1-4H3,(H,24,26)/b10-7-. The summed E-state index contributed by atoms with van der Waals surface area (Å²) in [5, 5.41) is 6.80. The summed E-state index contributed by atoms with van der Waals surface area (Å²) in [7, 11) is 4.62. The number of carbonyl (C=O) groups excluding carboxylic acids is 1. The topological polar surface area (TPSA) is 82.8 Å². The van der Waals surface area contributed by atoms with E-state index in [1.54, 1.807) is 32.4 Å². The van der Waals surface area contributed by atoms with E-state index in [0.29, 0.717) is 28.7 Å². The molecule has 30 heavy (non-hydrogen) atoms. The molecule has 0 unspecified atom stereocenters. The molecule has 0 saturated carbocycles. The van der Waals surface area contributed by atoms with Crippen molar-refractivity contribution < 1.29 is 23.5 Å². The maximum absolute atomic E-state index is 12.2. The number of aromatic nitrogens is 1. The molecule has 0 fully saturated rings. The van der Waals surface area contributed by atoms with Crippen LogP contribution in [0.15, 0.2) is 53.1 Å². The van der Waals surface area contributed by atoms with Crippen LogP contribution in [0.5, 0.6) is 17.2 Å². The molecule has 1 N–H and O–H groups in total. The summed E-state index contributed by atoms with van der Waals surface area (Å²) in [6.07, 6.45) is 3.10. The van der Waals surface area contributed by atoms with Gasteiger partial charge in [-0.05, 0) is 30.7 Å². The second-order valence-corrected chi connectivity index (χ2v) is 6.56. The summed E-state index contributed by atoms with van der Waals surface area (Å²) in [5.41, 5.74) is 3.49. The number of aryl methyl sites for hydroxylation is 1. The highest BCUT2D eigenvalue weighted by Gasteiger charge is 2.12. The zero-order valence-electron chi connectivity index (χ0n) is 17.4. The number of benzene rings is 2. The van der Waals surface area contributed by atoms with Gasteiger partial charge in [0.05, 0.1) is 27.9 Å². The number of carbonyl (C=O) groups is 1. The Labute approximate surface area is 175 Å². The van der Waals surface area contributed by atoms with Crippen LogP contribution >= 0.6 is 0 Å². The van der Waals surface area contributed by atoms with Crippen molar-refractivity contribution >= 4 is 12.0 Å². The van der Waals surface area contributed by atoms with E-state index in [0.717, 1.165) is 11.1 Å². The zero-order valence-corrected chi connectivity index (χ0v) is 17.4. The highest BCUT2D eigenvalue weighted by molar-refractivity contribution is 5.91. The van der Waals surface area contributed by atoms with Gasteiger partial charge in [0, 0.05) is 17.7 Å². The number of ether oxygens (including phenoxy) is 3. The van der Waals surface area contributed by atoms with Gasteiger partial charge in [-0.3, -0.25) is 4.79 Å². The normalized spacial score (nSPS) is 10.8. The van der Waals surface area contributed by atoms with Crippen molar-refractivity contribution in [2.45, 2.75) is 13.5 Å². The first kappa shape index (κ1) is 21.0. The van der Waals surface area contributed by atoms with Crippen LogP contribution in [0.3, 0.4) is 0 Å². The van der Waals surface area contributed by atoms with Gasteiger partial charge in [0.25, 0.3) is 0 Å². The van der Waals surface area contributed by atoms with E-state index < -0.39 is 0 Å². The molecule has 3 aromatic rings. The van der Waals surface area contributed by atoms with Gasteiger partial charge in [-0.1, -0.05) is 35.0 Å². The minimum atomic E-state index is -0.261. The zero-order chi connectivity index (χ0) is 21.5. The fourth-order valence-electron chi connectivity index (χ4n) is 2.86. The Morgan fingerprint density at radius 1 is 1.03 bits per heavy atom. The van der Waals surface area contributed by atoms with E-state index in [1.165, 1.54) is 18.7 Å². The minimum Gasteiger partial charge on any atom is -0.493 e. The van der Waals surface area contributed by atoms with Gasteiger partial charge >= 0.3 is 0 Å². The number of hydrogen-bond acceptors (Lipinski definition) is 6. The lowest BCUT2D eigenvalue weighted by Gasteiger charge is -2.12. The Balaban J connectivity index is 1.62. The number of hydrogen-bond donors (Lipinski definition) is 1. The van der Waals surface area contributed by atoms with Crippen molar-refractivity contribution in [3.8, 4) is 28.6 Å². The van der Waals surface area contributed by atoms with Crippen LogP contribution in [0.4, 0.5) is 0 Å². The molecule has 1 heterocycles. The van der Waals surface area contributed by atoms with Gasteiger partial charge in [0.2, 0.25) is 11.7 Å². The molecule has 7 heteroatoms. The van der Waals surface area contributed by atoms with E-state index in [9.17, 15) is 4.79 Å². The molecule has 0 saturated heterocycles. The summed E-state index contributed by atoms with van der Waals surface area (Å²) in [6.45, 7) is 2.28. The van der Waals surface area contributed by atoms with Crippen LogP contribution in [-0.4, -0.2) is 32.4 Å². The Bertz CT molecular complexity index is 1010. The second kappa shape index (κ2) is 9.65. The maximum atomic E-state index is 12.2. The lowest BCUT2D eigenvalue weighted by Crippen LogP contribution is -2.20. The van der Waals surface area contributed by atoms with E-state index in [1.807, 2.05) is 37.3 Å². The van der Waals surface area contributed by atoms with Gasteiger partial charge in [-0.2, -0.15) is 0 Å². The third kappa shape index (κ3) is 5.00. The molecule has 0 radical (unpaired) electrons. The van der Waals surface area contributed by atoms with Crippen LogP contribution in [0.25, 0.3) is 17.4 Å². The molecule has 0 bridgehead atoms. The van der Waals surface area contributed by atoms with Crippen LogP contribution in [0, 0.1) is 6.92 Å². The predicted molar refractivity (Wildman–Crippen MR) is 114 cm³/mol. The Kier molecular flexibility index (Phi) is 6.75. The van der Waals surface area contributed by atoms with Crippen LogP contribution in [0.2, 0.25) is 0 Å². The summed E-state index contributed by atoms with van der Waals surface area (Å²) < 4.78 is 21.3. The minimum absolute atomic E-state index is 0.258. The molecule has 0 spiro atoms. The fourth-order valence-corrected chi connectivity index (χ4v) is 2.86. The third-order valence-corrected chi connectivity index (χ3v) is 4.45. The van der Waals surface area contributed by atoms with E-state index >= 15 is 0 Å². The first-order valence-corrected chi connectivity index (χ1v) is 9.32. The molecule has 1 amide bonds. The number of methoxy groups -OCH3 is 3. The molecule has 0 aliphatic heterocycles. The monoisotopic (exact) mass is 408 g/mol. The quantitative estimate of drug-likeness (QED) is 0.567. The number of rotatable bonds is 8. The number of amides is 1. The van der Waals surface area contributed by atoms with Crippen LogP contribution < -0.4 is 19.5 Å². The average Bonchev–Trinajstić information content (AvgIpc) is 3.24. The van der Waals surface area contributed by atoms with Gasteiger partial charge in [-0.25, -0.2) is 0 Å². The van der Waals surface area contributed by atoms with Gasteiger partial charge in [0.15, 0.2) is 17.3 Å². The Morgan fingerprint density at radius 2 is 1.70 bits per heavy atom. The summed E-state index contributed by atoms with van der Waals surface area (Å²) in [5.74, 6) is 1.93. The summed E-state index contributed by atoms with van der Waals surface area (Å²) in [6, 6.07) is 13.3. The molecule has 7 nitrogen and oxygen atoms in total. The number of nitrogens with zero attached hydrogens (tertiary/aromatic N) is 1. The van der Waals surface area contributed by atoms with Crippen molar-refractivity contribution in [2.24, 2.45) is 0 Å². The van der Waals surface area contributed by atoms with Crippen LogP contribution in [-0.2, 0) is 11.3 Å². The van der Waals surface area contributed by atoms with E-state index in [2.05, 4.69) is 10.5 Å². The first-order chi connectivity index (χ1) is 14.5. The largest absolute Gasteiger partial charge is 0.493 e. The van der Waals surface area contributed by atoms with Crippen LogP contribution in [0.1, 0.15) is 16.8 Å². The SMILES string of the molecule is COc1cc(/C=C\C(=O)NCc2cc(-c3ccc(C)cc3)on2)cc(OC)c1OC. The van der Waals surface area contributed by atoms with E-state index in [-0.39, 0.29) is 12.5 Å². The molecule has 3 rings (SSSR count). The fraction of sp³-hybridized carbons (Fsp3) is 0.217. The summed E-state index contributed by atoms with van der Waals surface area (Å²) >= 11 is 0. The molecule has 0 aliphatic carbocycles. The smallest absolute Gasteiger partial charge is 0.244 e. The Hall–Kier alpha value is -3.74. The molecule has 0 atom stereocenters. The molecule has 1 aromatic heterocycles. The highest BCUT2D eigenvalue weighted by Crippen LogP contribution is 2.38. The number of nitrogens with one attached hydrogen (secondary N) is 1. The van der Waals surface area contributed by atoms with Crippen molar-refractivity contribution in [3.05, 3.63) is 65.4 Å². The maximum Gasteiger partial charge on any atom is 0.244 e. The molecule has 0 aliphatic rings. The lowest BCUT2D eigenvalue weighted by molar-refractivity contribution is -0.116. The van der Waals surface area contributed by atoms with Gasteiger partial charge < -0.3 is 24.1 Å². The average molecular weight is 408 g/mol. The molecular weight excluding hydrogens is 384 g/mol. The lowest BCUT2D eigenvalue weighted by atomic mass is 10.1. The van der Waals surface area contributed by atoms with Crippen molar-refractivity contribution in [3.63, 3.8) is 0 Å². The van der Waals surface area contributed by atoms with Gasteiger partial charge in [0.1, 0.15) is 5.69 Å². The Morgan fingerprint density at radius 3 is 2.30 bits per heavy atom. The van der Waals surface area contributed by atoms with Gasteiger partial charge in [-0.15, -0.1) is 0 Å². The molecular formula is C23H24N2O5. The van der Waals surface area contributed by atoms with E-state index in [4.69, 9.17) is 18.7 Å².